The van der Waals surface area contributed by atoms with Gasteiger partial charge in [0.1, 0.15) is 12.4 Å². The number of ether oxygens (including phenoxy) is 1. The van der Waals surface area contributed by atoms with Crippen molar-refractivity contribution in [3.05, 3.63) is 116 Å². The second kappa shape index (κ2) is 10.3. The summed E-state index contributed by atoms with van der Waals surface area (Å²) >= 11 is 10.4. The minimum atomic E-state index is -0.285. The first-order valence-corrected chi connectivity index (χ1v) is 12.9. The van der Waals surface area contributed by atoms with Crippen LogP contribution < -0.4 is 4.74 Å². The Balaban J connectivity index is 1.30. The highest BCUT2D eigenvalue weighted by Gasteiger charge is 2.35. The second-order valence-electron chi connectivity index (χ2n) is 8.01. The lowest BCUT2D eigenvalue weighted by Gasteiger charge is -2.14. The molecule has 1 saturated heterocycles. The van der Waals surface area contributed by atoms with Gasteiger partial charge in [-0.2, -0.15) is 0 Å². The number of thioether (sulfide) groups is 1. The maximum Gasteiger partial charge on any atom is 0.293 e. The number of hydrogen-bond acceptors (Lipinski definition) is 4. The molecule has 1 aliphatic heterocycles. The summed E-state index contributed by atoms with van der Waals surface area (Å²) in [6.07, 6.45) is 1.74. The lowest BCUT2D eigenvalue weighted by molar-refractivity contribution is -0.123. The molecule has 1 fully saturated rings. The van der Waals surface area contributed by atoms with Crippen LogP contribution in [0.4, 0.5) is 4.79 Å². The Bertz CT molecular complexity index is 1460. The van der Waals surface area contributed by atoms with Crippen LogP contribution in [0.15, 0.2) is 94.3 Å². The predicted octanol–water partition coefficient (Wildman–Crippen LogP) is 8.07. The first-order chi connectivity index (χ1) is 17.0. The fraction of sp³-hybridized carbons (Fsp3) is 0.0714. The molecular formula is C28H19BrClNO3S. The number of carbonyl (C=O) groups is 2. The van der Waals surface area contributed by atoms with E-state index in [4.69, 9.17) is 16.3 Å². The third-order valence-electron chi connectivity index (χ3n) is 5.64. The Morgan fingerprint density at radius 3 is 2.51 bits per heavy atom. The molecule has 7 heteroatoms. The summed E-state index contributed by atoms with van der Waals surface area (Å²) in [7, 11) is 0. The van der Waals surface area contributed by atoms with E-state index in [1.807, 2.05) is 84.9 Å². The zero-order valence-electron chi connectivity index (χ0n) is 18.4. The highest BCUT2D eigenvalue weighted by Crippen LogP contribution is 2.35. The molecule has 0 saturated carbocycles. The van der Waals surface area contributed by atoms with Gasteiger partial charge in [-0.1, -0.05) is 72.3 Å². The van der Waals surface area contributed by atoms with Gasteiger partial charge >= 0.3 is 0 Å². The Labute approximate surface area is 220 Å². The van der Waals surface area contributed by atoms with Crippen LogP contribution in [-0.4, -0.2) is 16.0 Å². The van der Waals surface area contributed by atoms with Crippen molar-refractivity contribution in [3.63, 3.8) is 0 Å². The standard InChI is InChI=1S/C28H19BrClNO3S/c29-24-14-19(10-13-25(24)34-17-18-8-11-22(30)12-9-18)15-26-27(32)31(28(33)35-26)16-21-6-3-5-20-4-1-2-7-23(20)21/h1-15H,16-17H2/b26-15-. The zero-order valence-corrected chi connectivity index (χ0v) is 21.6. The van der Waals surface area contributed by atoms with Gasteiger partial charge in [0, 0.05) is 5.02 Å². The predicted molar refractivity (Wildman–Crippen MR) is 145 cm³/mol. The highest BCUT2D eigenvalue weighted by atomic mass is 79.9. The molecular weight excluding hydrogens is 546 g/mol. The van der Waals surface area contributed by atoms with Crippen LogP contribution in [0, 0.1) is 0 Å². The van der Waals surface area contributed by atoms with E-state index in [1.54, 1.807) is 6.08 Å². The van der Waals surface area contributed by atoms with Gasteiger partial charge in [-0.15, -0.1) is 0 Å². The van der Waals surface area contributed by atoms with Crippen molar-refractivity contribution in [1.82, 2.24) is 4.90 Å². The quantitative estimate of drug-likeness (QED) is 0.222. The Kier molecular flexibility index (Phi) is 6.95. The SMILES string of the molecule is O=C1S/C(=C\c2ccc(OCc3ccc(Cl)cc3)c(Br)c2)C(=O)N1Cc1cccc2ccccc12. The van der Waals surface area contributed by atoms with Crippen LogP contribution in [0.2, 0.25) is 5.02 Å². The summed E-state index contributed by atoms with van der Waals surface area (Å²) in [5.41, 5.74) is 2.74. The molecule has 0 aromatic heterocycles. The largest absolute Gasteiger partial charge is 0.488 e. The number of hydrogen-bond donors (Lipinski definition) is 0. The topological polar surface area (TPSA) is 46.6 Å². The van der Waals surface area contributed by atoms with Gasteiger partial charge in [0.25, 0.3) is 11.1 Å². The third kappa shape index (κ3) is 5.30. The smallest absolute Gasteiger partial charge is 0.293 e. The van der Waals surface area contributed by atoms with E-state index in [1.165, 1.54) is 4.90 Å². The number of rotatable bonds is 6. The molecule has 0 radical (unpaired) electrons. The van der Waals surface area contributed by atoms with Crippen LogP contribution in [-0.2, 0) is 17.9 Å². The van der Waals surface area contributed by atoms with E-state index in [2.05, 4.69) is 15.9 Å². The van der Waals surface area contributed by atoms with Crippen molar-refractivity contribution >= 4 is 67.3 Å². The van der Waals surface area contributed by atoms with Crippen molar-refractivity contribution in [2.45, 2.75) is 13.2 Å². The Morgan fingerprint density at radius 2 is 1.71 bits per heavy atom. The molecule has 4 aromatic carbocycles. The lowest BCUT2D eigenvalue weighted by atomic mass is 10.0. The van der Waals surface area contributed by atoms with E-state index >= 15 is 0 Å². The average molecular weight is 565 g/mol. The third-order valence-corrected chi connectivity index (χ3v) is 7.42. The molecule has 0 unspecified atom stereocenters. The van der Waals surface area contributed by atoms with Gasteiger partial charge in [-0.3, -0.25) is 14.5 Å². The zero-order chi connectivity index (χ0) is 24.4. The molecule has 174 valence electrons. The minimum absolute atomic E-state index is 0.241. The van der Waals surface area contributed by atoms with Gasteiger partial charge in [0.15, 0.2) is 0 Å². The summed E-state index contributed by atoms with van der Waals surface area (Å²) in [4.78, 5) is 27.4. The van der Waals surface area contributed by atoms with E-state index < -0.39 is 0 Å². The molecule has 1 aliphatic rings. The molecule has 0 bridgehead atoms. The number of benzene rings is 4. The van der Waals surface area contributed by atoms with E-state index in [-0.39, 0.29) is 17.7 Å². The first-order valence-electron chi connectivity index (χ1n) is 10.9. The molecule has 35 heavy (non-hydrogen) atoms. The maximum absolute atomic E-state index is 13.1. The van der Waals surface area contributed by atoms with E-state index in [0.717, 1.165) is 43.7 Å². The summed E-state index contributed by atoms with van der Waals surface area (Å²) in [5.74, 6) is 0.397. The average Bonchev–Trinajstić information content (AvgIpc) is 3.12. The number of fused-ring (bicyclic) bond motifs is 1. The Hall–Kier alpha value is -3.06. The molecule has 1 heterocycles. The van der Waals surface area contributed by atoms with E-state index in [0.29, 0.717) is 22.3 Å². The van der Waals surface area contributed by atoms with Gasteiger partial charge in [0.2, 0.25) is 0 Å². The molecule has 0 atom stereocenters. The number of amides is 2. The monoisotopic (exact) mass is 563 g/mol. The van der Waals surface area contributed by atoms with Crippen LogP contribution in [0.25, 0.3) is 16.8 Å². The summed E-state index contributed by atoms with van der Waals surface area (Å²) < 4.78 is 6.66. The summed E-state index contributed by atoms with van der Waals surface area (Å²) in [6, 6.07) is 26.9. The van der Waals surface area contributed by atoms with Crippen LogP contribution in [0.1, 0.15) is 16.7 Å². The Morgan fingerprint density at radius 1 is 0.943 bits per heavy atom. The van der Waals surface area contributed by atoms with Crippen LogP contribution in [0.5, 0.6) is 5.75 Å². The number of imide groups is 1. The highest BCUT2D eigenvalue weighted by molar-refractivity contribution is 9.10. The first kappa shape index (κ1) is 23.7. The number of carbonyl (C=O) groups excluding carboxylic acids is 2. The van der Waals surface area contributed by atoms with Crippen molar-refractivity contribution in [2.24, 2.45) is 0 Å². The fourth-order valence-electron chi connectivity index (χ4n) is 3.85. The minimum Gasteiger partial charge on any atom is -0.488 e. The van der Waals surface area contributed by atoms with Gasteiger partial charge in [-0.25, -0.2) is 0 Å². The van der Waals surface area contributed by atoms with Crippen LogP contribution in [0.3, 0.4) is 0 Å². The van der Waals surface area contributed by atoms with Crippen molar-refractivity contribution < 1.29 is 14.3 Å². The molecule has 0 N–H and O–H groups in total. The van der Waals surface area contributed by atoms with Gasteiger partial charge in [-0.05, 0) is 85.5 Å². The maximum atomic E-state index is 13.1. The van der Waals surface area contributed by atoms with Crippen molar-refractivity contribution in [1.29, 1.82) is 0 Å². The number of halogens is 2. The van der Waals surface area contributed by atoms with Gasteiger partial charge in [0.05, 0.1) is 15.9 Å². The second-order valence-corrected chi connectivity index (χ2v) is 10.3. The van der Waals surface area contributed by atoms with Crippen molar-refractivity contribution in [3.8, 4) is 5.75 Å². The summed E-state index contributed by atoms with van der Waals surface area (Å²) in [6.45, 7) is 0.646. The molecule has 4 aromatic rings. The van der Waals surface area contributed by atoms with Crippen LogP contribution >= 0.6 is 39.3 Å². The number of nitrogens with zero attached hydrogens (tertiary/aromatic N) is 1. The molecule has 0 spiro atoms. The normalized spacial score (nSPS) is 14.8. The summed E-state index contributed by atoms with van der Waals surface area (Å²) in [5, 5.41) is 2.53. The fourth-order valence-corrected chi connectivity index (χ4v) is 5.33. The lowest BCUT2D eigenvalue weighted by Crippen LogP contribution is -2.27. The van der Waals surface area contributed by atoms with E-state index in [9.17, 15) is 9.59 Å². The van der Waals surface area contributed by atoms with Crippen molar-refractivity contribution in [2.75, 3.05) is 0 Å². The molecule has 5 rings (SSSR count). The molecule has 2 amide bonds. The molecule has 4 nitrogen and oxygen atoms in total. The molecule has 0 aliphatic carbocycles. The van der Waals surface area contributed by atoms with Gasteiger partial charge < -0.3 is 4.74 Å².